The number of nitrogens with zero attached hydrogens (tertiary/aromatic N) is 5. The third kappa shape index (κ3) is 3.35. The SMILES string of the molecule is CC(C)n1cnc(S(=O)(=O)N2CC[C@@H](Oc3cccnn3)C2)c1. The van der Waals surface area contributed by atoms with Crippen LogP contribution in [0.25, 0.3) is 0 Å². The first-order valence-corrected chi connectivity index (χ1v) is 8.89. The van der Waals surface area contributed by atoms with Crippen molar-refractivity contribution in [3.63, 3.8) is 0 Å². The fourth-order valence-electron chi connectivity index (χ4n) is 2.40. The zero-order valence-electron chi connectivity index (χ0n) is 13.0. The Morgan fingerprint density at radius 2 is 2.22 bits per heavy atom. The fourth-order valence-corrected chi connectivity index (χ4v) is 3.81. The van der Waals surface area contributed by atoms with Gasteiger partial charge >= 0.3 is 0 Å². The van der Waals surface area contributed by atoms with Crippen LogP contribution in [0.3, 0.4) is 0 Å². The zero-order valence-corrected chi connectivity index (χ0v) is 13.8. The van der Waals surface area contributed by atoms with Gasteiger partial charge in [0, 0.05) is 31.0 Å². The summed E-state index contributed by atoms with van der Waals surface area (Å²) in [5.74, 6) is 0.404. The molecule has 0 bridgehead atoms. The summed E-state index contributed by atoms with van der Waals surface area (Å²) in [4.78, 5) is 4.03. The van der Waals surface area contributed by atoms with Crippen molar-refractivity contribution in [3.05, 3.63) is 30.9 Å². The summed E-state index contributed by atoms with van der Waals surface area (Å²) in [6.07, 6.45) is 5.05. The molecule has 1 saturated heterocycles. The quantitative estimate of drug-likeness (QED) is 0.811. The summed E-state index contributed by atoms with van der Waals surface area (Å²) in [5.41, 5.74) is 0. The minimum atomic E-state index is -3.59. The molecular formula is C14H19N5O3S. The molecule has 1 fully saturated rings. The van der Waals surface area contributed by atoms with Crippen LogP contribution >= 0.6 is 0 Å². The maximum Gasteiger partial charge on any atom is 0.262 e. The number of rotatable bonds is 5. The van der Waals surface area contributed by atoms with E-state index in [1.165, 1.54) is 4.31 Å². The van der Waals surface area contributed by atoms with Crippen LogP contribution in [-0.4, -0.2) is 51.7 Å². The van der Waals surface area contributed by atoms with Gasteiger partial charge < -0.3 is 9.30 Å². The Balaban J connectivity index is 1.69. The number of hydrogen-bond donors (Lipinski definition) is 0. The van der Waals surface area contributed by atoms with E-state index < -0.39 is 10.0 Å². The average molecular weight is 337 g/mol. The Hall–Kier alpha value is -2.00. The summed E-state index contributed by atoms with van der Waals surface area (Å²) in [7, 11) is -3.59. The van der Waals surface area contributed by atoms with E-state index in [4.69, 9.17) is 4.74 Å². The molecule has 0 N–H and O–H groups in total. The molecule has 1 aliphatic rings. The third-order valence-corrected chi connectivity index (χ3v) is 5.47. The topological polar surface area (TPSA) is 90.2 Å². The van der Waals surface area contributed by atoms with E-state index >= 15 is 0 Å². The minimum Gasteiger partial charge on any atom is -0.472 e. The van der Waals surface area contributed by atoms with Crippen LogP contribution in [0.5, 0.6) is 5.88 Å². The standard InChI is InChI=1S/C14H19N5O3S/c1-11(2)18-9-14(15-10-18)23(20,21)19-7-5-12(8-19)22-13-4-3-6-16-17-13/h3-4,6,9-12H,5,7-8H2,1-2H3/t12-/m1/s1. The van der Waals surface area contributed by atoms with Gasteiger partial charge in [0.1, 0.15) is 6.10 Å². The van der Waals surface area contributed by atoms with E-state index in [1.807, 2.05) is 13.8 Å². The van der Waals surface area contributed by atoms with Gasteiger partial charge in [-0.3, -0.25) is 0 Å². The summed E-state index contributed by atoms with van der Waals surface area (Å²) in [6.45, 7) is 4.63. The molecule has 0 aromatic carbocycles. The Bertz CT molecular complexity index is 760. The van der Waals surface area contributed by atoms with Gasteiger partial charge in [-0.15, -0.1) is 5.10 Å². The maximum absolute atomic E-state index is 12.6. The number of ether oxygens (including phenoxy) is 1. The second-order valence-corrected chi connectivity index (χ2v) is 7.59. The van der Waals surface area contributed by atoms with Crippen molar-refractivity contribution in [1.29, 1.82) is 0 Å². The van der Waals surface area contributed by atoms with Crippen LogP contribution in [-0.2, 0) is 10.0 Å². The molecule has 8 nitrogen and oxygen atoms in total. The molecule has 9 heteroatoms. The highest BCUT2D eigenvalue weighted by molar-refractivity contribution is 7.89. The van der Waals surface area contributed by atoms with Crippen molar-refractivity contribution in [2.75, 3.05) is 13.1 Å². The van der Waals surface area contributed by atoms with Gasteiger partial charge in [-0.2, -0.15) is 9.40 Å². The van der Waals surface area contributed by atoms with Crippen LogP contribution < -0.4 is 4.74 Å². The molecule has 3 heterocycles. The Labute approximate surface area is 135 Å². The number of aromatic nitrogens is 4. The number of imidazole rings is 1. The van der Waals surface area contributed by atoms with E-state index in [0.717, 1.165) is 0 Å². The first-order valence-electron chi connectivity index (χ1n) is 7.45. The van der Waals surface area contributed by atoms with Crippen LogP contribution in [0, 0.1) is 0 Å². The lowest BCUT2D eigenvalue weighted by Crippen LogP contribution is -2.31. The highest BCUT2D eigenvalue weighted by atomic mass is 32.2. The molecule has 0 spiro atoms. The van der Waals surface area contributed by atoms with Crippen LogP contribution in [0.1, 0.15) is 26.3 Å². The molecule has 2 aromatic rings. The third-order valence-electron chi connectivity index (χ3n) is 3.72. The summed E-state index contributed by atoms with van der Waals surface area (Å²) in [5, 5.41) is 7.67. The van der Waals surface area contributed by atoms with E-state index in [-0.39, 0.29) is 23.7 Å². The van der Waals surface area contributed by atoms with Gasteiger partial charge in [-0.1, -0.05) is 0 Å². The number of hydrogen-bond acceptors (Lipinski definition) is 6. The average Bonchev–Trinajstić information content (AvgIpc) is 3.18. The van der Waals surface area contributed by atoms with Crippen molar-refractivity contribution in [1.82, 2.24) is 24.1 Å². The molecule has 2 aromatic heterocycles. The second-order valence-electron chi connectivity index (χ2n) is 5.71. The largest absolute Gasteiger partial charge is 0.472 e. The van der Waals surface area contributed by atoms with Gasteiger partial charge in [-0.25, -0.2) is 13.4 Å². The monoisotopic (exact) mass is 337 g/mol. The second kappa shape index (κ2) is 6.25. The van der Waals surface area contributed by atoms with Crippen molar-refractivity contribution < 1.29 is 13.2 Å². The van der Waals surface area contributed by atoms with Crippen LogP contribution in [0.2, 0.25) is 0 Å². The fraction of sp³-hybridized carbons (Fsp3) is 0.500. The van der Waals surface area contributed by atoms with Crippen molar-refractivity contribution in [2.45, 2.75) is 37.4 Å². The lowest BCUT2D eigenvalue weighted by molar-refractivity contribution is 0.204. The molecule has 1 aliphatic heterocycles. The van der Waals surface area contributed by atoms with Crippen LogP contribution in [0.15, 0.2) is 35.9 Å². The number of sulfonamides is 1. The first-order chi connectivity index (χ1) is 11.0. The molecule has 0 saturated carbocycles. The van der Waals surface area contributed by atoms with E-state index in [2.05, 4.69) is 15.2 Å². The zero-order chi connectivity index (χ0) is 16.4. The predicted molar refractivity (Wildman–Crippen MR) is 82.4 cm³/mol. The molecule has 124 valence electrons. The molecule has 1 atom stereocenters. The molecule has 0 radical (unpaired) electrons. The lowest BCUT2D eigenvalue weighted by atomic mass is 10.3. The minimum absolute atomic E-state index is 0.0753. The predicted octanol–water partition coefficient (Wildman–Crippen LogP) is 1.10. The molecule has 23 heavy (non-hydrogen) atoms. The highest BCUT2D eigenvalue weighted by Crippen LogP contribution is 2.23. The maximum atomic E-state index is 12.6. The van der Waals surface area contributed by atoms with Crippen molar-refractivity contribution in [2.24, 2.45) is 0 Å². The summed E-state index contributed by atoms with van der Waals surface area (Å²) >= 11 is 0. The molecule has 3 rings (SSSR count). The summed E-state index contributed by atoms with van der Waals surface area (Å²) in [6, 6.07) is 3.59. The van der Waals surface area contributed by atoms with E-state index in [1.54, 1.807) is 35.4 Å². The normalized spacial score (nSPS) is 19.3. The Kier molecular flexibility index (Phi) is 4.31. The van der Waals surface area contributed by atoms with Gasteiger partial charge in [0.05, 0.1) is 12.9 Å². The summed E-state index contributed by atoms with van der Waals surface area (Å²) < 4.78 is 34.1. The molecule has 0 aliphatic carbocycles. The van der Waals surface area contributed by atoms with Crippen molar-refractivity contribution in [3.8, 4) is 5.88 Å². The molecule has 0 amide bonds. The molecular weight excluding hydrogens is 318 g/mol. The van der Waals surface area contributed by atoms with Gasteiger partial charge in [0.2, 0.25) is 5.88 Å². The van der Waals surface area contributed by atoms with E-state index in [0.29, 0.717) is 18.8 Å². The van der Waals surface area contributed by atoms with Crippen LogP contribution in [0.4, 0.5) is 0 Å². The van der Waals surface area contributed by atoms with Gasteiger partial charge in [0.25, 0.3) is 10.0 Å². The highest BCUT2D eigenvalue weighted by Gasteiger charge is 2.35. The van der Waals surface area contributed by atoms with Crippen molar-refractivity contribution >= 4 is 10.0 Å². The Morgan fingerprint density at radius 1 is 1.39 bits per heavy atom. The van der Waals surface area contributed by atoms with Gasteiger partial charge in [0.15, 0.2) is 5.03 Å². The van der Waals surface area contributed by atoms with Gasteiger partial charge in [-0.05, 0) is 26.3 Å². The Morgan fingerprint density at radius 3 is 2.87 bits per heavy atom. The lowest BCUT2D eigenvalue weighted by Gasteiger charge is -2.15. The molecule has 0 unspecified atom stereocenters. The van der Waals surface area contributed by atoms with E-state index in [9.17, 15) is 8.42 Å². The smallest absolute Gasteiger partial charge is 0.262 e. The first kappa shape index (κ1) is 15.9.